The molecule has 0 radical (unpaired) electrons. The number of esters is 1. The fourth-order valence-corrected chi connectivity index (χ4v) is 1.36. The average molecular weight is 228 g/mol. The Hall–Kier alpha value is -1.43. The molecule has 1 heterocycles. The summed E-state index contributed by atoms with van der Waals surface area (Å²) in [6.45, 7) is 3.57. The first-order valence-corrected chi connectivity index (χ1v) is 4.96. The van der Waals surface area contributed by atoms with Crippen molar-refractivity contribution < 1.29 is 19.2 Å². The lowest BCUT2D eigenvalue weighted by atomic mass is 9.86. The van der Waals surface area contributed by atoms with Crippen molar-refractivity contribution in [3.8, 4) is 0 Å². The second-order valence-electron chi connectivity index (χ2n) is 4.36. The summed E-state index contributed by atoms with van der Waals surface area (Å²) in [5, 5.41) is 12.3. The summed E-state index contributed by atoms with van der Waals surface area (Å²) in [6, 6.07) is 0. The van der Waals surface area contributed by atoms with E-state index in [1.54, 1.807) is 0 Å². The van der Waals surface area contributed by atoms with Crippen molar-refractivity contribution in [2.45, 2.75) is 33.3 Å². The van der Waals surface area contributed by atoms with Gasteiger partial charge >= 0.3 is 5.97 Å². The van der Waals surface area contributed by atoms with Crippen molar-refractivity contribution in [2.75, 3.05) is 7.11 Å². The molecule has 1 aromatic rings. The molecule has 0 unspecified atom stereocenters. The van der Waals surface area contributed by atoms with Crippen LogP contribution in [0.5, 0.6) is 0 Å². The van der Waals surface area contributed by atoms with Crippen LogP contribution in [0.15, 0.2) is 4.52 Å². The Morgan fingerprint density at radius 3 is 2.75 bits per heavy atom. The molecule has 0 saturated heterocycles. The van der Waals surface area contributed by atoms with E-state index in [0.29, 0.717) is 12.3 Å². The molecule has 0 spiro atoms. The number of carbonyl (C=O) groups is 1. The Bertz CT molecular complexity index is 359. The normalized spacial score (nSPS) is 11.5. The zero-order valence-electron chi connectivity index (χ0n) is 9.69. The lowest BCUT2D eigenvalue weighted by Gasteiger charge is -2.20. The quantitative estimate of drug-likeness (QED) is 0.746. The summed E-state index contributed by atoms with van der Waals surface area (Å²) in [6.07, 6.45) is 0.745. The third-order valence-electron chi connectivity index (χ3n) is 2.13. The molecule has 0 aliphatic rings. The second kappa shape index (κ2) is 5.07. The van der Waals surface area contributed by atoms with E-state index >= 15 is 0 Å². The number of hydrogen-bond acceptors (Lipinski definition) is 6. The highest BCUT2D eigenvalue weighted by atomic mass is 16.5. The van der Waals surface area contributed by atoms with Crippen LogP contribution >= 0.6 is 0 Å². The average Bonchev–Trinajstić information content (AvgIpc) is 2.63. The number of aliphatic hydroxyl groups is 1. The van der Waals surface area contributed by atoms with Crippen LogP contribution in [0, 0.1) is 5.41 Å². The molecule has 6 nitrogen and oxygen atoms in total. The van der Waals surface area contributed by atoms with Crippen molar-refractivity contribution in [1.82, 2.24) is 10.1 Å². The van der Waals surface area contributed by atoms with Gasteiger partial charge in [0.1, 0.15) is 6.61 Å². The molecular weight excluding hydrogens is 212 g/mol. The van der Waals surface area contributed by atoms with Gasteiger partial charge in [-0.25, -0.2) is 0 Å². The number of aromatic nitrogens is 2. The van der Waals surface area contributed by atoms with E-state index < -0.39 is 0 Å². The van der Waals surface area contributed by atoms with E-state index in [1.165, 1.54) is 7.11 Å². The molecule has 0 bridgehead atoms. The first-order chi connectivity index (χ1) is 7.46. The lowest BCUT2D eigenvalue weighted by molar-refractivity contribution is -0.142. The van der Waals surface area contributed by atoms with Crippen LogP contribution < -0.4 is 0 Å². The summed E-state index contributed by atoms with van der Waals surface area (Å²) >= 11 is 0. The molecule has 0 fully saturated rings. The van der Waals surface area contributed by atoms with Crippen LogP contribution in [0.25, 0.3) is 0 Å². The molecule has 1 N–H and O–H groups in total. The summed E-state index contributed by atoms with van der Waals surface area (Å²) in [4.78, 5) is 15.1. The van der Waals surface area contributed by atoms with Gasteiger partial charge in [0.2, 0.25) is 5.89 Å². The van der Waals surface area contributed by atoms with E-state index in [1.807, 2.05) is 13.8 Å². The van der Waals surface area contributed by atoms with E-state index in [2.05, 4.69) is 14.9 Å². The van der Waals surface area contributed by atoms with Gasteiger partial charge in [0.25, 0.3) is 0 Å². The third kappa shape index (κ3) is 3.62. The highest BCUT2D eigenvalue weighted by Crippen LogP contribution is 2.25. The van der Waals surface area contributed by atoms with Gasteiger partial charge in [-0.2, -0.15) is 4.98 Å². The van der Waals surface area contributed by atoms with Crippen LogP contribution in [0.3, 0.4) is 0 Å². The largest absolute Gasteiger partial charge is 0.469 e. The van der Waals surface area contributed by atoms with Crippen molar-refractivity contribution in [2.24, 2.45) is 5.41 Å². The Morgan fingerprint density at radius 1 is 1.56 bits per heavy atom. The van der Waals surface area contributed by atoms with Crippen LogP contribution in [-0.4, -0.2) is 28.3 Å². The number of carbonyl (C=O) groups excluding carboxylic acids is 1. The topological polar surface area (TPSA) is 85.5 Å². The Morgan fingerprint density at radius 2 is 2.25 bits per heavy atom. The minimum absolute atomic E-state index is 0.249. The Kier molecular flexibility index (Phi) is 4.00. The number of aliphatic hydroxyl groups excluding tert-OH is 1. The van der Waals surface area contributed by atoms with Crippen molar-refractivity contribution >= 4 is 5.97 Å². The van der Waals surface area contributed by atoms with Crippen molar-refractivity contribution in [3.05, 3.63) is 11.7 Å². The molecule has 1 aromatic heterocycles. The van der Waals surface area contributed by atoms with Crippen LogP contribution in [0.4, 0.5) is 0 Å². The maximum absolute atomic E-state index is 11.2. The molecule has 6 heteroatoms. The predicted octanol–water partition coefficient (Wildman–Crippen LogP) is 0.694. The first kappa shape index (κ1) is 12.6. The molecular formula is C10H16N2O4. The number of rotatable bonds is 5. The highest BCUT2D eigenvalue weighted by molar-refractivity contribution is 5.69. The zero-order valence-corrected chi connectivity index (χ0v) is 9.69. The van der Waals surface area contributed by atoms with E-state index in [4.69, 9.17) is 9.63 Å². The lowest BCUT2D eigenvalue weighted by Crippen LogP contribution is -2.21. The monoisotopic (exact) mass is 228 g/mol. The van der Waals surface area contributed by atoms with Crippen LogP contribution in [-0.2, 0) is 22.6 Å². The maximum Gasteiger partial charge on any atom is 0.306 e. The molecule has 0 amide bonds. The summed E-state index contributed by atoms with van der Waals surface area (Å²) in [5.41, 5.74) is -0.313. The minimum Gasteiger partial charge on any atom is -0.469 e. The molecule has 0 aromatic carbocycles. The van der Waals surface area contributed by atoms with Crippen molar-refractivity contribution in [1.29, 1.82) is 0 Å². The van der Waals surface area contributed by atoms with Crippen LogP contribution in [0.1, 0.15) is 32.0 Å². The van der Waals surface area contributed by atoms with Crippen molar-refractivity contribution in [3.63, 3.8) is 0 Å². The SMILES string of the molecule is COC(=O)CC(C)(C)Cc1nc(CO)no1. The van der Waals surface area contributed by atoms with Gasteiger partial charge in [0.05, 0.1) is 13.5 Å². The zero-order chi connectivity index (χ0) is 12.2. The van der Waals surface area contributed by atoms with Gasteiger partial charge in [-0.15, -0.1) is 0 Å². The van der Waals surface area contributed by atoms with Gasteiger partial charge in [0, 0.05) is 6.42 Å². The number of nitrogens with zero attached hydrogens (tertiary/aromatic N) is 2. The number of hydrogen-bond donors (Lipinski definition) is 1. The molecule has 90 valence electrons. The van der Waals surface area contributed by atoms with E-state index in [9.17, 15) is 4.79 Å². The summed E-state index contributed by atoms with van der Waals surface area (Å²) < 4.78 is 9.54. The van der Waals surface area contributed by atoms with Gasteiger partial charge in [-0.1, -0.05) is 19.0 Å². The molecule has 0 atom stereocenters. The maximum atomic E-state index is 11.2. The third-order valence-corrected chi connectivity index (χ3v) is 2.13. The Labute approximate surface area is 93.6 Å². The van der Waals surface area contributed by atoms with E-state index in [-0.39, 0.29) is 30.2 Å². The molecule has 0 saturated carbocycles. The minimum atomic E-state index is -0.313. The molecule has 0 aliphatic carbocycles. The smallest absolute Gasteiger partial charge is 0.306 e. The molecule has 0 aliphatic heterocycles. The predicted molar refractivity (Wildman–Crippen MR) is 54.3 cm³/mol. The first-order valence-electron chi connectivity index (χ1n) is 4.96. The molecule has 16 heavy (non-hydrogen) atoms. The molecule has 1 rings (SSSR count). The summed E-state index contributed by atoms with van der Waals surface area (Å²) in [7, 11) is 1.36. The van der Waals surface area contributed by atoms with Gasteiger partial charge in [-0.3, -0.25) is 4.79 Å². The van der Waals surface area contributed by atoms with Gasteiger partial charge in [0.15, 0.2) is 5.82 Å². The summed E-state index contributed by atoms with van der Waals surface area (Å²) in [5.74, 6) is 0.397. The van der Waals surface area contributed by atoms with Gasteiger partial charge in [-0.05, 0) is 5.41 Å². The fourth-order valence-electron chi connectivity index (χ4n) is 1.36. The highest BCUT2D eigenvalue weighted by Gasteiger charge is 2.25. The van der Waals surface area contributed by atoms with Gasteiger partial charge < -0.3 is 14.4 Å². The number of methoxy groups -OCH3 is 1. The van der Waals surface area contributed by atoms with Crippen LogP contribution in [0.2, 0.25) is 0 Å². The van der Waals surface area contributed by atoms with E-state index in [0.717, 1.165) is 0 Å². The standard InChI is InChI=1S/C10H16N2O4/c1-10(2,5-9(14)15-3)4-8-11-7(6-13)12-16-8/h13H,4-6H2,1-3H3. The second-order valence-corrected chi connectivity index (χ2v) is 4.36. The fraction of sp³-hybridized carbons (Fsp3) is 0.700. The Balaban J connectivity index is 2.60. The number of ether oxygens (including phenoxy) is 1.